The van der Waals surface area contributed by atoms with Gasteiger partial charge < -0.3 is 16.0 Å². The highest BCUT2D eigenvalue weighted by Gasteiger charge is 2.36. The molecule has 4 heteroatoms. The van der Waals surface area contributed by atoms with E-state index in [4.69, 9.17) is 5.73 Å². The van der Waals surface area contributed by atoms with Crippen LogP contribution in [-0.2, 0) is 4.79 Å². The summed E-state index contributed by atoms with van der Waals surface area (Å²) < 4.78 is 0. The van der Waals surface area contributed by atoms with E-state index in [-0.39, 0.29) is 5.91 Å². The van der Waals surface area contributed by atoms with E-state index in [0.29, 0.717) is 12.1 Å². The molecular formula is C15H31N3O. The minimum absolute atomic E-state index is 0.213. The van der Waals surface area contributed by atoms with Crippen LogP contribution in [0.2, 0.25) is 0 Å². The number of primary amides is 1. The molecule has 1 fully saturated rings. The maximum Gasteiger partial charge on any atom is 0.237 e. The SMILES string of the molecule is CCC(C)N(C)CCCCC(C)(NC1CC1)C(N)=O. The van der Waals surface area contributed by atoms with Crippen LogP contribution in [-0.4, -0.2) is 42.0 Å². The number of carbonyl (C=O) groups is 1. The first-order valence-electron chi connectivity index (χ1n) is 7.67. The van der Waals surface area contributed by atoms with Crippen LogP contribution in [0.25, 0.3) is 0 Å². The third kappa shape index (κ3) is 5.49. The summed E-state index contributed by atoms with van der Waals surface area (Å²) in [5.41, 5.74) is 5.03. The van der Waals surface area contributed by atoms with Gasteiger partial charge in [0.15, 0.2) is 0 Å². The molecule has 0 aromatic heterocycles. The molecule has 0 saturated heterocycles. The predicted molar refractivity (Wildman–Crippen MR) is 80.0 cm³/mol. The molecule has 0 aliphatic heterocycles. The quantitative estimate of drug-likeness (QED) is 0.595. The van der Waals surface area contributed by atoms with E-state index in [1.54, 1.807) is 0 Å². The molecule has 19 heavy (non-hydrogen) atoms. The minimum atomic E-state index is -0.518. The smallest absolute Gasteiger partial charge is 0.237 e. The first-order valence-corrected chi connectivity index (χ1v) is 7.67. The summed E-state index contributed by atoms with van der Waals surface area (Å²) in [6.45, 7) is 7.51. The monoisotopic (exact) mass is 269 g/mol. The lowest BCUT2D eigenvalue weighted by Crippen LogP contribution is -2.54. The maximum atomic E-state index is 11.6. The van der Waals surface area contributed by atoms with Gasteiger partial charge in [-0.25, -0.2) is 0 Å². The molecule has 4 nitrogen and oxygen atoms in total. The van der Waals surface area contributed by atoms with E-state index in [1.165, 1.54) is 19.3 Å². The molecule has 1 saturated carbocycles. The van der Waals surface area contributed by atoms with Gasteiger partial charge in [0.1, 0.15) is 0 Å². The fourth-order valence-corrected chi connectivity index (χ4v) is 2.32. The maximum absolute atomic E-state index is 11.6. The van der Waals surface area contributed by atoms with Crippen molar-refractivity contribution in [2.75, 3.05) is 13.6 Å². The number of nitrogens with one attached hydrogen (secondary N) is 1. The summed E-state index contributed by atoms with van der Waals surface area (Å²) in [5, 5.41) is 3.40. The Labute approximate surface area is 118 Å². The number of hydrogen-bond acceptors (Lipinski definition) is 3. The van der Waals surface area contributed by atoms with E-state index in [1.807, 2.05) is 6.92 Å². The van der Waals surface area contributed by atoms with Crippen molar-refractivity contribution in [1.82, 2.24) is 10.2 Å². The van der Waals surface area contributed by atoms with Gasteiger partial charge in [-0.15, -0.1) is 0 Å². The van der Waals surface area contributed by atoms with Crippen molar-refractivity contribution in [3.8, 4) is 0 Å². The molecule has 0 aromatic rings. The first-order chi connectivity index (χ1) is 8.89. The fraction of sp³-hybridized carbons (Fsp3) is 0.933. The Hall–Kier alpha value is -0.610. The number of carbonyl (C=O) groups excluding carboxylic acids is 1. The standard InChI is InChI=1S/C15H31N3O/c1-5-12(2)18(4)11-7-6-10-15(3,14(16)19)17-13-8-9-13/h12-13,17H,5-11H2,1-4H3,(H2,16,19). The Morgan fingerprint density at radius 2 is 2.11 bits per heavy atom. The normalized spacial score (nSPS) is 20.3. The Bertz CT molecular complexity index is 291. The van der Waals surface area contributed by atoms with Gasteiger partial charge in [0.2, 0.25) is 5.91 Å². The second kappa shape index (κ2) is 7.25. The summed E-state index contributed by atoms with van der Waals surface area (Å²) >= 11 is 0. The largest absolute Gasteiger partial charge is 0.368 e. The van der Waals surface area contributed by atoms with Gasteiger partial charge in [0.05, 0.1) is 5.54 Å². The Kier molecular flexibility index (Phi) is 6.27. The van der Waals surface area contributed by atoms with E-state index in [0.717, 1.165) is 25.8 Å². The summed E-state index contributed by atoms with van der Waals surface area (Å²) in [5.74, 6) is -0.213. The molecule has 0 aromatic carbocycles. The van der Waals surface area contributed by atoms with E-state index in [9.17, 15) is 4.79 Å². The number of rotatable bonds is 10. The minimum Gasteiger partial charge on any atom is -0.368 e. The zero-order chi connectivity index (χ0) is 14.5. The average Bonchev–Trinajstić information content (AvgIpc) is 3.16. The summed E-state index contributed by atoms with van der Waals surface area (Å²) in [7, 11) is 2.17. The molecule has 0 spiro atoms. The molecule has 3 N–H and O–H groups in total. The van der Waals surface area contributed by atoms with Crippen LogP contribution >= 0.6 is 0 Å². The second-order valence-electron chi connectivity index (χ2n) is 6.31. The molecule has 1 rings (SSSR count). The number of hydrogen-bond donors (Lipinski definition) is 2. The van der Waals surface area contributed by atoms with Crippen molar-refractivity contribution in [3.05, 3.63) is 0 Å². The van der Waals surface area contributed by atoms with Crippen molar-refractivity contribution in [2.45, 2.75) is 76.9 Å². The van der Waals surface area contributed by atoms with Gasteiger partial charge in [-0.3, -0.25) is 4.79 Å². The second-order valence-corrected chi connectivity index (χ2v) is 6.31. The van der Waals surface area contributed by atoms with Gasteiger partial charge in [-0.05, 0) is 66.0 Å². The van der Waals surface area contributed by atoms with Gasteiger partial charge in [-0.2, -0.15) is 0 Å². The van der Waals surface area contributed by atoms with Crippen molar-refractivity contribution in [2.24, 2.45) is 5.73 Å². The van der Waals surface area contributed by atoms with E-state index < -0.39 is 5.54 Å². The van der Waals surface area contributed by atoms with Crippen molar-refractivity contribution in [1.29, 1.82) is 0 Å². The Morgan fingerprint density at radius 3 is 2.58 bits per heavy atom. The highest BCUT2D eigenvalue weighted by molar-refractivity contribution is 5.84. The zero-order valence-electron chi connectivity index (χ0n) is 13.0. The molecule has 0 bridgehead atoms. The molecule has 1 aliphatic carbocycles. The van der Waals surface area contributed by atoms with Crippen LogP contribution in [0.15, 0.2) is 0 Å². The van der Waals surface area contributed by atoms with Crippen LogP contribution in [0.3, 0.4) is 0 Å². The van der Waals surface area contributed by atoms with Gasteiger partial charge in [-0.1, -0.05) is 6.92 Å². The van der Waals surface area contributed by atoms with Crippen LogP contribution in [0, 0.1) is 0 Å². The average molecular weight is 269 g/mol. The molecule has 1 amide bonds. The molecule has 2 atom stereocenters. The number of unbranched alkanes of at least 4 members (excludes halogenated alkanes) is 1. The van der Waals surface area contributed by atoms with Crippen LogP contribution in [0.1, 0.15) is 59.3 Å². The van der Waals surface area contributed by atoms with Crippen molar-refractivity contribution >= 4 is 5.91 Å². The highest BCUT2D eigenvalue weighted by Crippen LogP contribution is 2.25. The van der Waals surface area contributed by atoms with Crippen LogP contribution in [0.4, 0.5) is 0 Å². The molecule has 1 aliphatic rings. The lowest BCUT2D eigenvalue weighted by Gasteiger charge is -2.28. The molecule has 0 heterocycles. The first kappa shape index (κ1) is 16.4. The van der Waals surface area contributed by atoms with Gasteiger partial charge in [0, 0.05) is 12.1 Å². The van der Waals surface area contributed by atoms with Crippen LogP contribution < -0.4 is 11.1 Å². The zero-order valence-corrected chi connectivity index (χ0v) is 13.0. The van der Waals surface area contributed by atoms with Crippen molar-refractivity contribution in [3.63, 3.8) is 0 Å². The number of amides is 1. The third-order valence-electron chi connectivity index (χ3n) is 4.42. The van der Waals surface area contributed by atoms with Crippen LogP contribution in [0.5, 0.6) is 0 Å². The molecular weight excluding hydrogens is 238 g/mol. The Balaban J connectivity index is 2.26. The Morgan fingerprint density at radius 1 is 1.47 bits per heavy atom. The molecule has 2 unspecified atom stereocenters. The highest BCUT2D eigenvalue weighted by atomic mass is 16.1. The number of nitrogens with two attached hydrogens (primary N) is 1. The summed E-state index contributed by atoms with van der Waals surface area (Å²) in [6.07, 6.45) is 6.54. The fourth-order valence-electron chi connectivity index (χ4n) is 2.32. The summed E-state index contributed by atoms with van der Waals surface area (Å²) in [4.78, 5) is 14.0. The van der Waals surface area contributed by atoms with Gasteiger partial charge >= 0.3 is 0 Å². The third-order valence-corrected chi connectivity index (χ3v) is 4.42. The topological polar surface area (TPSA) is 58.4 Å². The van der Waals surface area contributed by atoms with Gasteiger partial charge in [0.25, 0.3) is 0 Å². The predicted octanol–water partition coefficient (Wildman–Crippen LogP) is 1.88. The van der Waals surface area contributed by atoms with E-state index >= 15 is 0 Å². The lowest BCUT2D eigenvalue weighted by atomic mass is 9.93. The van der Waals surface area contributed by atoms with E-state index in [2.05, 4.69) is 31.1 Å². The molecule has 112 valence electrons. The summed E-state index contributed by atoms with van der Waals surface area (Å²) in [6, 6.07) is 1.15. The lowest BCUT2D eigenvalue weighted by molar-refractivity contribution is -0.124. The molecule has 0 radical (unpaired) electrons. The van der Waals surface area contributed by atoms with Crippen molar-refractivity contribution < 1.29 is 4.79 Å². The number of nitrogens with zero attached hydrogens (tertiary/aromatic N) is 1.